The molecule has 0 bridgehead atoms. The quantitative estimate of drug-likeness (QED) is 0.841. The van der Waals surface area contributed by atoms with Gasteiger partial charge in [-0.05, 0) is 18.6 Å². The van der Waals surface area contributed by atoms with Crippen LogP contribution in [0.4, 0.5) is 0 Å². The van der Waals surface area contributed by atoms with Crippen molar-refractivity contribution in [3.05, 3.63) is 46.2 Å². The number of benzene rings is 1. The molecule has 2 N–H and O–H groups in total. The maximum atomic E-state index is 12.3. The minimum atomic E-state index is -3.07. The summed E-state index contributed by atoms with van der Waals surface area (Å²) in [7, 11) is -3.07. The van der Waals surface area contributed by atoms with Crippen molar-refractivity contribution < 1.29 is 13.2 Å². The summed E-state index contributed by atoms with van der Waals surface area (Å²) in [6.45, 7) is 0. The first-order valence-corrected chi connectivity index (χ1v) is 8.40. The van der Waals surface area contributed by atoms with Crippen LogP contribution < -0.4 is 10.7 Å². The molecule has 1 aliphatic heterocycles. The Morgan fingerprint density at radius 2 is 2.05 bits per heavy atom. The predicted octanol–water partition coefficient (Wildman–Crippen LogP) is 0.445. The first kappa shape index (κ1) is 13.8. The van der Waals surface area contributed by atoms with Crippen LogP contribution in [0.5, 0.6) is 0 Å². The molecule has 6 nitrogen and oxygen atoms in total. The van der Waals surface area contributed by atoms with Crippen molar-refractivity contribution in [3.8, 4) is 0 Å². The third-order valence-corrected chi connectivity index (χ3v) is 5.37. The van der Waals surface area contributed by atoms with Crippen molar-refractivity contribution in [2.75, 3.05) is 11.5 Å². The second-order valence-electron chi connectivity index (χ2n) is 5.15. The lowest BCUT2D eigenvalue weighted by molar-refractivity contribution is 0.0940. The van der Waals surface area contributed by atoms with E-state index in [0.717, 1.165) is 0 Å². The van der Waals surface area contributed by atoms with Crippen molar-refractivity contribution in [2.45, 2.75) is 12.5 Å². The Bertz CT molecular complexity index is 870. The van der Waals surface area contributed by atoms with Gasteiger partial charge < -0.3 is 10.3 Å². The average Bonchev–Trinajstić information content (AvgIpc) is 2.78. The van der Waals surface area contributed by atoms with E-state index >= 15 is 0 Å². The fraction of sp³-hybridized carbons (Fsp3) is 0.286. The second-order valence-corrected chi connectivity index (χ2v) is 7.38. The molecule has 0 saturated carbocycles. The number of fused-ring (bicyclic) bond motifs is 1. The monoisotopic (exact) mass is 306 g/mol. The number of carbonyl (C=O) groups is 1. The fourth-order valence-corrected chi connectivity index (χ4v) is 4.18. The standard InChI is InChI=1S/C14H14N2O4S/c17-13-10-3-1-2-4-12(10)15-7-11(13)14(18)16-9-5-6-21(19,20)8-9/h1-4,7,9H,5-6,8H2,(H,15,17)(H,16,18)/t9-/m0/s1. The van der Waals surface area contributed by atoms with Gasteiger partial charge in [0.05, 0.1) is 11.5 Å². The Kier molecular flexibility index (Phi) is 3.29. The average molecular weight is 306 g/mol. The molecule has 1 aliphatic rings. The highest BCUT2D eigenvalue weighted by molar-refractivity contribution is 7.91. The maximum absolute atomic E-state index is 12.3. The van der Waals surface area contributed by atoms with E-state index in [1.54, 1.807) is 24.3 Å². The van der Waals surface area contributed by atoms with Crippen LogP contribution in [0.1, 0.15) is 16.8 Å². The van der Waals surface area contributed by atoms with Crippen molar-refractivity contribution in [3.63, 3.8) is 0 Å². The van der Waals surface area contributed by atoms with Crippen LogP contribution in [-0.2, 0) is 9.84 Å². The SMILES string of the molecule is O=C(N[C@H]1CCS(=O)(=O)C1)c1c[nH]c2ccccc2c1=O. The van der Waals surface area contributed by atoms with Crippen molar-refractivity contribution >= 4 is 26.6 Å². The summed E-state index contributed by atoms with van der Waals surface area (Å²) in [6, 6.07) is 6.49. The Hall–Kier alpha value is -2.15. The van der Waals surface area contributed by atoms with E-state index in [-0.39, 0.29) is 22.5 Å². The summed E-state index contributed by atoms with van der Waals surface area (Å²) < 4.78 is 22.8. The lowest BCUT2D eigenvalue weighted by Crippen LogP contribution is -2.38. The van der Waals surface area contributed by atoms with Crippen LogP contribution in [0, 0.1) is 0 Å². The molecule has 1 aromatic heterocycles. The van der Waals surface area contributed by atoms with Gasteiger partial charge in [0.2, 0.25) is 5.43 Å². The van der Waals surface area contributed by atoms with Crippen LogP contribution in [0.3, 0.4) is 0 Å². The van der Waals surface area contributed by atoms with Crippen LogP contribution in [0.2, 0.25) is 0 Å². The first-order chi connectivity index (χ1) is 9.96. The largest absolute Gasteiger partial charge is 0.360 e. The van der Waals surface area contributed by atoms with Gasteiger partial charge in [0.25, 0.3) is 5.91 Å². The van der Waals surface area contributed by atoms with E-state index in [2.05, 4.69) is 10.3 Å². The van der Waals surface area contributed by atoms with Crippen LogP contribution in [-0.4, -0.2) is 36.9 Å². The van der Waals surface area contributed by atoms with Gasteiger partial charge in [0.15, 0.2) is 9.84 Å². The van der Waals surface area contributed by atoms with Crippen molar-refractivity contribution in [1.29, 1.82) is 0 Å². The number of rotatable bonds is 2. The number of carbonyl (C=O) groups excluding carboxylic acids is 1. The molecule has 1 amide bonds. The number of hydrogen-bond donors (Lipinski definition) is 2. The lowest BCUT2D eigenvalue weighted by atomic mass is 10.1. The zero-order valence-corrected chi connectivity index (χ0v) is 11.9. The van der Waals surface area contributed by atoms with Crippen molar-refractivity contribution in [1.82, 2.24) is 10.3 Å². The van der Waals surface area contributed by atoms with E-state index in [9.17, 15) is 18.0 Å². The first-order valence-electron chi connectivity index (χ1n) is 6.58. The molecular weight excluding hydrogens is 292 g/mol. The molecule has 1 aromatic carbocycles. The molecule has 2 heterocycles. The summed E-state index contributed by atoms with van der Waals surface area (Å²) in [4.78, 5) is 27.3. The number of sulfone groups is 1. The smallest absolute Gasteiger partial charge is 0.257 e. The number of aromatic nitrogens is 1. The second kappa shape index (κ2) is 5.00. The highest BCUT2D eigenvalue weighted by Crippen LogP contribution is 2.12. The number of aromatic amines is 1. The van der Waals surface area contributed by atoms with Gasteiger partial charge in [-0.25, -0.2) is 8.42 Å². The number of para-hydroxylation sites is 1. The van der Waals surface area contributed by atoms with Gasteiger partial charge in [-0.3, -0.25) is 9.59 Å². The highest BCUT2D eigenvalue weighted by atomic mass is 32.2. The third-order valence-electron chi connectivity index (χ3n) is 3.60. The molecule has 2 aromatic rings. The Labute approximate surface area is 121 Å². The molecule has 1 fully saturated rings. The van der Waals surface area contributed by atoms with Gasteiger partial charge >= 0.3 is 0 Å². The number of amides is 1. The summed E-state index contributed by atoms with van der Waals surface area (Å²) in [6.07, 6.45) is 1.75. The van der Waals surface area contributed by atoms with Crippen LogP contribution in [0.25, 0.3) is 10.9 Å². The Morgan fingerprint density at radius 1 is 1.29 bits per heavy atom. The van der Waals surface area contributed by atoms with Gasteiger partial charge in [0, 0.05) is 23.1 Å². The molecule has 21 heavy (non-hydrogen) atoms. The molecule has 0 radical (unpaired) electrons. The van der Waals surface area contributed by atoms with E-state index in [4.69, 9.17) is 0 Å². The maximum Gasteiger partial charge on any atom is 0.257 e. The Morgan fingerprint density at radius 3 is 2.76 bits per heavy atom. The number of hydrogen-bond acceptors (Lipinski definition) is 4. The Balaban J connectivity index is 1.89. The molecule has 3 rings (SSSR count). The zero-order chi connectivity index (χ0) is 15.0. The molecule has 110 valence electrons. The summed E-state index contributed by atoms with van der Waals surface area (Å²) >= 11 is 0. The predicted molar refractivity (Wildman–Crippen MR) is 79.1 cm³/mol. The van der Waals surface area contributed by atoms with E-state index in [0.29, 0.717) is 17.3 Å². The van der Waals surface area contributed by atoms with E-state index in [1.807, 2.05) is 0 Å². The molecule has 0 aliphatic carbocycles. The fourth-order valence-electron chi connectivity index (χ4n) is 2.51. The number of H-pyrrole nitrogens is 1. The van der Waals surface area contributed by atoms with E-state index < -0.39 is 21.8 Å². The zero-order valence-electron chi connectivity index (χ0n) is 11.1. The van der Waals surface area contributed by atoms with Crippen LogP contribution in [0.15, 0.2) is 35.3 Å². The lowest BCUT2D eigenvalue weighted by Gasteiger charge is -2.10. The highest BCUT2D eigenvalue weighted by Gasteiger charge is 2.29. The van der Waals surface area contributed by atoms with Crippen LogP contribution >= 0.6 is 0 Å². The topological polar surface area (TPSA) is 96.1 Å². The molecule has 1 atom stereocenters. The minimum Gasteiger partial charge on any atom is -0.360 e. The number of pyridine rings is 1. The molecule has 1 saturated heterocycles. The van der Waals surface area contributed by atoms with Gasteiger partial charge in [-0.1, -0.05) is 12.1 Å². The summed E-state index contributed by atoms with van der Waals surface area (Å²) in [5.74, 6) is -0.528. The van der Waals surface area contributed by atoms with Gasteiger partial charge in [-0.2, -0.15) is 0 Å². The number of nitrogens with one attached hydrogen (secondary N) is 2. The molecule has 0 spiro atoms. The van der Waals surface area contributed by atoms with Gasteiger partial charge in [0.1, 0.15) is 5.56 Å². The minimum absolute atomic E-state index is 0.00185. The molecule has 7 heteroatoms. The van der Waals surface area contributed by atoms with E-state index in [1.165, 1.54) is 6.20 Å². The summed E-state index contributed by atoms with van der Waals surface area (Å²) in [5, 5.41) is 3.05. The van der Waals surface area contributed by atoms with Gasteiger partial charge in [-0.15, -0.1) is 0 Å². The normalized spacial score (nSPS) is 20.5. The summed E-state index contributed by atoms with van der Waals surface area (Å²) in [5.41, 5.74) is 0.295. The molecule has 0 unspecified atom stereocenters. The third kappa shape index (κ3) is 2.69. The van der Waals surface area contributed by atoms with Crippen molar-refractivity contribution in [2.24, 2.45) is 0 Å². The molecular formula is C14H14N2O4S.